The number of rotatable bonds is 6. The largest absolute Gasteiger partial charge is 0.399 e. The Kier molecular flexibility index (Phi) is 8.67. The van der Waals surface area contributed by atoms with Crippen molar-refractivity contribution in [3.63, 3.8) is 0 Å². The number of nitrogens with zero attached hydrogens (tertiary/aromatic N) is 6. The monoisotopic (exact) mass is 737 g/mol. The molecule has 0 saturated heterocycles. The number of nitrogen functional groups attached to an aromatic ring is 1. The molecule has 10 aromatic rings. The molecular formula is C44H32FN9O2. The van der Waals surface area contributed by atoms with Gasteiger partial charge in [0.1, 0.15) is 28.1 Å². The second kappa shape index (κ2) is 14.3. The van der Waals surface area contributed by atoms with Crippen molar-refractivity contribution in [3.05, 3.63) is 195 Å². The number of nitrogens with one attached hydrogen (secondary N) is 2. The molecule has 0 unspecified atom stereocenters. The Balaban J connectivity index is 0.000000146. The highest BCUT2D eigenvalue weighted by Gasteiger charge is 2.21. The fourth-order valence-corrected chi connectivity index (χ4v) is 7.16. The number of hydrogen-bond acceptors (Lipinski definition) is 7. The van der Waals surface area contributed by atoms with E-state index in [1.54, 1.807) is 47.3 Å². The SMILES string of the molecule is Nc1cccc(-n2c(=O)c3c(Cc4ccccc4)[nH]nc3c3cccnc32)c1.O=c1c2c(Cc3ccccc3)[nH]nc2c2cccnc2n1-c1cccc(F)c1. The number of benzene rings is 4. The van der Waals surface area contributed by atoms with Crippen LogP contribution in [0.2, 0.25) is 0 Å². The summed E-state index contributed by atoms with van der Waals surface area (Å²) in [5.74, 6) is -0.412. The van der Waals surface area contributed by atoms with E-state index >= 15 is 0 Å². The highest BCUT2D eigenvalue weighted by molar-refractivity contribution is 6.04. The van der Waals surface area contributed by atoms with Crippen molar-refractivity contribution in [3.8, 4) is 11.4 Å². The predicted molar refractivity (Wildman–Crippen MR) is 217 cm³/mol. The van der Waals surface area contributed by atoms with Gasteiger partial charge in [-0.3, -0.25) is 28.9 Å². The van der Waals surface area contributed by atoms with Crippen LogP contribution in [-0.4, -0.2) is 39.5 Å². The average molecular weight is 738 g/mol. The molecule has 0 spiro atoms. The first-order chi connectivity index (χ1) is 27.4. The van der Waals surface area contributed by atoms with Crippen LogP contribution in [0.25, 0.3) is 55.2 Å². The molecular weight excluding hydrogens is 706 g/mol. The van der Waals surface area contributed by atoms with Gasteiger partial charge in [-0.05, 0) is 71.8 Å². The molecule has 0 radical (unpaired) electrons. The topological polar surface area (TPSA) is 153 Å². The third kappa shape index (κ3) is 6.14. The van der Waals surface area contributed by atoms with E-state index in [2.05, 4.69) is 30.4 Å². The summed E-state index contributed by atoms with van der Waals surface area (Å²) >= 11 is 0. The summed E-state index contributed by atoms with van der Waals surface area (Å²) in [5, 5.41) is 17.6. The molecule has 11 nitrogen and oxygen atoms in total. The summed E-state index contributed by atoms with van der Waals surface area (Å²) in [7, 11) is 0. The molecule has 10 rings (SSSR count). The summed E-state index contributed by atoms with van der Waals surface area (Å²) in [5.41, 5.74) is 13.1. The van der Waals surface area contributed by atoms with Gasteiger partial charge in [0, 0.05) is 41.7 Å². The van der Waals surface area contributed by atoms with Gasteiger partial charge in [0.2, 0.25) is 0 Å². The molecule has 0 saturated carbocycles. The Morgan fingerprint density at radius 1 is 0.554 bits per heavy atom. The Morgan fingerprint density at radius 2 is 1.04 bits per heavy atom. The maximum absolute atomic E-state index is 13.9. The lowest BCUT2D eigenvalue weighted by Gasteiger charge is -2.11. The number of aromatic amines is 2. The minimum atomic E-state index is -0.412. The summed E-state index contributed by atoms with van der Waals surface area (Å²) in [6, 6.07) is 40.5. The van der Waals surface area contributed by atoms with Gasteiger partial charge in [0.25, 0.3) is 11.1 Å². The average Bonchev–Trinajstić information content (AvgIpc) is 3.85. The van der Waals surface area contributed by atoms with E-state index in [4.69, 9.17) is 5.73 Å². The number of anilines is 1. The second-order valence-electron chi connectivity index (χ2n) is 13.3. The quantitative estimate of drug-likeness (QED) is 0.150. The van der Waals surface area contributed by atoms with E-state index in [1.165, 1.54) is 16.7 Å². The molecule has 0 aliphatic rings. The summed E-state index contributed by atoms with van der Waals surface area (Å²) in [6.07, 6.45) is 4.42. The molecule has 6 heterocycles. The zero-order valence-corrected chi connectivity index (χ0v) is 29.7. The van der Waals surface area contributed by atoms with Gasteiger partial charge >= 0.3 is 0 Å². The smallest absolute Gasteiger partial charge is 0.268 e. The molecule has 0 atom stereocenters. The third-order valence-electron chi connectivity index (χ3n) is 9.67. The Hall–Kier alpha value is -7.73. The number of nitrogens with two attached hydrogens (primary N) is 1. The van der Waals surface area contributed by atoms with Gasteiger partial charge in [-0.15, -0.1) is 0 Å². The summed E-state index contributed by atoms with van der Waals surface area (Å²) in [6.45, 7) is 0. The molecule has 0 fully saturated rings. The molecule has 272 valence electrons. The Morgan fingerprint density at radius 3 is 1.52 bits per heavy atom. The third-order valence-corrected chi connectivity index (χ3v) is 9.67. The van der Waals surface area contributed by atoms with Crippen LogP contribution < -0.4 is 16.9 Å². The van der Waals surface area contributed by atoms with Gasteiger partial charge < -0.3 is 5.73 Å². The Labute approximate surface area is 317 Å². The molecule has 4 N–H and O–H groups in total. The van der Waals surface area contributed by atoms with Gasteiger partial charge in [-0.25, -0.2) is 14.4 Å². The van der Waals surface area contributed by atoms with Gasteiger partial charge in [-0.1, -0.05) is 72.8 Å². The van der Waals surface area contributed by atoms with E-state index in [1.807, 2.05) is 91.0 Å². The van der Waals surface area contributed by atoms with E-state index in [9.17, 15) is 14.0 Å². The molecule has 6 aromatic heterocycles. The highest BCUT2D eigenvalue weighted by atomic mass is 19.1. The highest BCUT2D eigenvalue weighted by Crippen LogP contribution is 2.27. The first-order valence-corrected chi connectivity index (χ1v) is 17.9. The number of hydrogen-bond donors (Lipinski definition) is 3. The zero-order valence-electron chi connectivity index (χ0n) is 29.7. The first kappa shape index (κ1) is 34.1. The van der Waals surface area contributed by atoms with Crippen LogP contribution in [0.4, 0.5) is 10.1 Å². The lowest BCUT2D eigenvalue weighted by molar-refractivity contribution is 0.626. The molecule has 0 amide bonds. The molecule has 4 aromatic carbocycles. The minimum Gasteiger partial charge on any atom is -0.399 e. The number of pyridine rings is 4. The van der Waals surface area contributed by atoms with Gasteiger partial charge in [0.05, 0.1) is 33.5 Å². The number of halogens is 1. The maximum atomic E-state index is 13.9. The molecule has 56 heavy (non-hydrogen) atoms. The van der Waals surface area contributed by atoms with Crippen LogP contribution in [0.1, 0.15) is 22.5 Å². The number of H-pyrrole nitrogens is 2. The second-order valence-corrected chi connectivity index (χ2v) is 13.3. The summed E-state index contributed by atoms with van der Waals surface area (Å²) in [4.78, 5) is 35.9. The number of fused-ring (bicyclic) bond motifs is 6. The van der Waals surface area contributed by atoms with Crippen molar-refractivity contribution in [1.29, 1.82) is 0 Å². The van der Waals surface area contributed by atoms with Gasteiger partial charge in [-0.2, -0.15) is 10.2 Å². The van der Waals surface area contributed by atoms with E-state index in [-0.39, 0.29) is 11.1 Å². The van der Waals surface area contributed by atoms with Crippen LogP contribution in [0.15, 0.2) is 155 Å². The van der Waals surface area contributed by atoms with Crippen molar-refractivity contribution in [2.75, 3.05) is 5.73 Å². The molecule has 0 bridgehead atoms. The fraction of sp³-hybridized carbons (Fsp3) is 0.0455. The minimum absolute atomic E-state index is 0.161. The predicted octanol–water partition coefficient (Wildman–Crippen LogP) is 7.43. The van der Waals surface area contributed by atoms with Crippen LogP contribution in [0.3, 0.4) is 0 Å². The summed E-state index contributed by atoms with van der Waals surface area (Å²) < 4.78 is 16.9. The van der Waals surface area contributed by atoms with Crippen LogP contribution in [0, 0.1) is 5.82 Å². The lowest BCUT2D eigenvalue weighted by atomic mass is 10.1. The van der Waals surface area contributed by atoms with Crippen molar-refractivity contribution < 1.29 is 4.39 Å². The van der Waals surface area contributed by atoms with Crippen LogP contribution in [0.5, 0.6) is 0 Å². The van der Waals surface area contributed by atoms with Crippen molar-refractivity contribution in [2.24, 2.45) is 0 Å². The van der Waals surface area contributed by atoms with E-state index in [0.29, 0.717) is 63.0 Å². The fourth-order valence-electron chi connectivity index (χ4n) is 7.16. The van der Waals surface area contributed by atoms with Crippen molar-refractivity contribution in [2.45, 2.75) is 12.8 Å². The van der Waals surface area contributed by atoms with Crippen LogP contribution in [-0.2, 0) is 12.8 Å². The Bertz CT molecular complexity index is 2960. The first-order valence-electron chi connectivity index (χ1n) is 17.9. The standard InChI is InChI=1S/C22H15FN4O.C22H17N5O/c2*23-15-8-4-9-16(13-15)27-21-17(10-5-11-24-21)20-19(22(27)28)18(25-26-20)12-14-6-2-1-3-7-14/h1-11,13H,12H2,(H,25,26);1-11,13H,12,23H2,(H,25,26). The molecule has 0 aliphatic carbocycles. The number of aromatic nitrogens is 8. The lowest BCUT2D eigenvalue weighted by Crippen LogP contribution is -2.20. The molecule has 0 aliphatic heterocycles. The molecule has 12 heteroatoms. The van der Waals surface area contributed by atoms with Crippen molar-refractivity contribution >= 4 is 49.6 Å². The normalized spacial score (nSPS) is 11.3. The maximum Gasteiger partial charge on any atom is 0.268 e. The van der Waals surface area contributed by atoms with E-state index in [0.717, 1.165) is 33.3 Å². The van der Waals surface area contributed by atoms with Crippen LogP contribution >= 0.6 is 0 Å². The zero-order chi connectivity index (χ0) is 38.2. The van der Waals surface area contributed by atoms with E-state index < -0.39 is 5.82 Å². The van der Waals surface area contributed by atoms with Gasteiger partial charge in [0.15, 0.2) is 0 Å². The van der Waals surface area contributed by atoms with Crippen molar-refractivity contribution in [1.82, 2.24) is 39.5 Å².